The van der Waals surface area contributed by atoms with E-state index >= 15 is 0 Å². The van der Waals surface area contributed by atoms with Gasteiger partial charge in [-0.1, -0.05) is 218 Å². The standard InChI is InChI=1S/C64H42N4/c1-4-19-43(20-5-1)44-37-39-45(40-38-44)47-23-16-25-49(41-47)62-65-61(46-21-6-2-7-22-46)66-63(67-62)50-26-17-24-48(42-50)52-30-18-34-57-60(52)53-29-10-11-31-54(53)64(57)55-32-12-14-35-58(55)68(51-27-8-3-9-28-51)59-36-15-13-33-56(59)64/h1-42H. The molecule has 2 aliphatic rings. The molecule has 0 fully saturated rings. The molecule has 1 spiro atoms. The first-order chi connectivity index (χ1) is 33.7. The van der Waals surface area contributed by atoms with Crippen molar-refractivity contribution in [2.75, 3.05) is 4.90 Å². The molecule has 4 heteroatoms. The van der Waals surface area contributed by atoms with Crippen LogP contribution in [0.5, 0.6) is 0 Å². The largest absolute Gasteiger partial charge is 0.310 e. The number of benzene rings is 10. The van der Waals surface area contributed by atoms with Crippen molar-refractivity contribution in [3.8, 4) is 78.7 Å². The van der Waals surface area contributed by atoms with Crippen LogP contribution in [0.4, 0.5) is 17.1 Å². The van der Waals surface area contributed by atoms with Crippen molar-refractivity contribution in [2.45, 2.75) is 5.41 Å². The van der Waals surface area contributed by atoms with Crippen molar-refractivity contribution in [3.05, 3.63) is 277 Å². The SMILES string of the molecule is c1ccc(-c2ccc(-c3cccc(-c4nc(-c5ccccc5)nc(-c5cccc(-c6cccc7c6-c6ccccc6C76c7ccccc7N(c7ccccc7)c7ccccc76)c5)n4)c3)cc2)cc1. The van der Waals surface area contributed by atoms with E-state index in [9.17, 15) is 0 Å². The molecule has 0 unspecified atom stereocenters. The summed E-state index contributed by atoms with van der Waals surface area (Å²) in [4.78, 5) is 18.0. The fourth-order valence-electron chi connectivity index (χ4n) is 10.8. The Morgan fingerprint density at radius 1 is 0.265 bits per heavy atom. The van der Waals surface area contributed by atoms with Gasteiger partial charge in [-0.25, -0.2) is 15.0 Å². The number of hydrogen-bond donors (Lipinski definition) is 0. The molecule has 0 N–H and O–H groups in total. The van der Waals surface area contributed by atoms with Crippen LogP contribution in [0.25, 0.3) is 78.7 Å². The smallest absolute Gasteiger partial charge is 0.164 e. The summed E-state index contributed by atoms with van der Waals surface area (Å²) < 4.78 is 0. The lowest BCUT2D eigenvalue weighted by Gasteiger charge is -2.45. The Labute approximate surface area is 396 Å². The van der Waals surface area contributed by atoms with E-state index in [4.69, 9.17) is 15.0 Å². The van der Waals surface area contributed by atoms with Gasteiger partial charge in [0.2, 0.25) is 0 Å². The molecule has 1 aliphatic carbocycles. The van der Waals surface area contributed by atoms with Gasteiger partial charge in [0.05, 0.1) is 16.8 Å². The number of aromatic nitrogens is 3. The Bertz CT molecular complexity index is 3630. The zero-order valence-electron chi connectivity index (χ0n) is 37.0. The summed E-state index contributed by atoms with van der Waals surface area (Å²) >= 11 is 0. The van der Waals surface area contributed by atoms with Gasteiger partial charge in [-0.3, -0.25) is 0 Å². The van der Waals surface area contributed by atoms with Crippen LogP contribution in [0.1, 0.15) is 22.3 Å². The van der Waals surface area contributed by atoms with Gasteiger partial charge in [-0.15, -0.1) is 0 Å². The van der Waals surface area contributed by atoms with Crippen molar-refractivity contribution >= 4 is 17.1 Å². The average Bonchev–Trinajstić information content (AvgIpc) is 3.72. The molecule has 0 atom stereocenters. The van der Waals surface area contributed by atoms with Crippen molar-refractivity contribution in [1.29, 1.82) is 0 Å². The second kappa shape index (κ2) is 16.2. The maximum absolute atomic E-state index is 5.25. The summed E-state index contributed by atoms with van der Waals surface area (Å²) in [5.41, 5.74) is 20.2. The van der Waals surface area contributed by atoms with Crippen molar-refractivity contribution in [1.82, 2.24) is 15.0 Å². The fraction of sp³-hybridized carbons (Fsp3) is 0.0156. The third-order valence-electron chi connectivity index (χ3n) is 13.7. The summed E-state index contributed by atoms with van der Waals surface area (Å²) in [6.45, 7) is 0. The van der Waals surface area contributed by atoms with E-state index in [0.29, 0.717) is 17.5 Å². The van der Waals surface area contributed by atoms with Gasteiger partial charge < -0.3 is 4.90 Å². The Hall–Kier alpha value is -8.99. The van der Waals surface area contributed by atoms with E-state index < -0.39 is 5.41 Å². The predicted molar refractivity (Wildman–Crippen MR) is 278 cm³/mol. The zero-order chi connectivity index (χ0) is 45.0. The molecular weight excluding hydrogens is 825 g/mol. The van der Waals surface area contributed by atoms with E-state index in [1.165, 1.54) is 55.9 Å². The van der Waals surface area contributed by atoms with E-state index in [1.807, 2.05) is 24.3 Å². The second-order valence-corrected chi connectivity index (χ2v) is 17.5. The molecule has 2 heterocycles. The van der Waals surface area contributed by atoms with Gasteiger partial charge >= 0.3 is 0 Å². The molecule has 13 rings (SSSR count). The van der Waals surface area contributed by atoms with Crippen LogP contribution >= 0.6 is 0 Å². The lowest BCUT2D eigenvalue weighted by atomic mass is 9.64. The number of fused-ring (bicyclic) bond motifs is 9. The summed E-state index contributed by atoms with van der Waals surface area (Å²) in [5.74, 6) is 1.87. The molecule has 10 aromatic carbocycles. The van der Waals surface area contributed by atoms with Crippen molar-refractivity contribution < 1.29 is 0 Å². The maximum atomic E-state index is 5.25. The number of nitrogens with zero attached hydrogens (tertiary/aromatic N) is 4. The Morgan fingerprint density at radius 3 is 1.29 bits per heavy atom. The Kier molecular flexibility index (Phi) is 9.36. The highest BCUT2D eigenvalue weighted by molar-refractivity contribution is 6.00. The highest BCUT2D eigenvalue weighted by Crippen LogP contribution is 2.64. The van der Waals surface area contributed by atoms with Gasteiger partial charge in [0.1, 0.15) is 0 Å². The first-order valence-corrected chi connectivity index (χ1v) is 23.2. The average molecular weight is 867 g/mol. The second-order valence-electron chi connectivity index (χ2n) is 17.5. The van der Waals surface area contributed by atoms with E-state index in [0.717, 1.165) is 44.6 Å². The minimum Gasteiger partial charge on any atom is -0.310 e. The minimum absolute atomic E-state index is 0.551. The monoisotopic (exact) mass is 866 g/mol. The molecular formula is C64H42N4. The normalized spacial score (nSPS) is 12.8. The summed E-state index contributed by atoms with van der Waals surface area (Å²) in [5, 5.41) is 0. The topological polar surface area (TPSA) is 41.9 Å². The molecule has 318 valence electrons. The molecule has 0 saturated carbocycles. The van der Waals surface area contributed by atoms with Crippen LogP contribution in [0, 0.1) is 0 Å². The lowest BCUT2D eigenvalue weighted by Crippen LogP contribution is -2.36. The fourth-order valence-corrected chi connectivity index (χ4v) is 10.8. The van der Waals surface area contributed by atoms with Gasteiger partial charge in [0.25, 0.3) is 0 Å². The van der Waals surface area contributed by atoms with Crippen LogP contribution in [0.3, 0.4) is 0 Å². The number of hydrogen-bond acceptors (Lipinski definition) is 4. The van der Waals surface area contributed by atoms with Crippen molar-refractivity contribution in [3.63, 3.8) is 0 Å². The summed E-state index contributed by atoms with van der Waals surface area (Å²) in [7, 11) is 0. The molecule has 68 heavy (non-hydrogen) atoms. The molecule has 1 aliphatic heterocycles. The number of anilines is 3. The Balaban J connectivity index is 0.949. The molecule has 0 amide bonds. The van der Waals surface area contributed by atoms with Crippen LogP contribution in [-0.2, 0) is 5.41 Å². The van der Waals surface area contributed by atoms with E-state index in [1.54, 1.807) is 0 Å². The van der Waals surface area contributed by atoms with Crippen LogP contribution < -0.4 is 4.90 Å². The van der Waals surface area contributed by atoms with Gasteiger partial charge in [0, 0.05) is 22.4 Å². The molecule has 11 aromatic rings. The number of rotatable bonds is 7. The van der Waals surface area contributed by atoms with E-state index in [-0.39, 0.29) is 0 Å². The third-order valence-corrected chi connectivity index (χ3v) is 13.7. The number of para-hydroxylation sites is 3. The third kappa shape index (κ3) is 6.34. The zero-order valence-corrected chi connectivity index (χ0v) is 37.0. The molecule has 0 saturated heterocycles. The lowest BCUT2D eigenvalue weighted by molar-refractivity contribution is 0.753. The van der Waals surface area contributed by atoms with Gasteiger partial charge in [0.15, 0.2) is 17.5 Å². The van der Waals surface area contributed by atoms with Crippen LogP contribution in [0.2, 0.25) is 0 Å². The predicted octanol–water partition coefficient (Wildman–Crippen LogP) is 16.0. The Morgan fingerprint density at radius 2 is 0.662 bits per heavy atom. The first-order valence-electron chi connectivity index (χ1n) is 23.2. The molecule has 0 bridgehead atoms. The highest BCUT2D eigenvalue weighted by Gasteiger charge is 2.52. The van der Waals surface area contributed by atoms with Gasteiger partial charge in [-0.05, 0) is 103 Å². The minimum atomic E-state index is -0.551. The quantitative estimate of drug-likeness (QED) is 0.160. The summed E-state index contributed by atoms with van der Waals surface area (Å²) in [6, 6.07) is 91.2. The maximum Gasteiger partial charge on any atom is 0.164 e. The molecule has 4 nitrogen and oxygen atoms in total. The van der Waals surface area contributed by atoms with Crippen LogP contribution in [0.15, 0.2) is 255 Å². The van der Waals surface area contributed by atoms with Crippen molar-refractivity contribution in [2.24, 2.45) is 0 Å². The van der Waals surface area contributed by atoms with Gasteiger partial charge in [-0.2, -0.15) is 0 Å². The first kappa shape index (κ1) is 39.4. The summed E-state index contributed by atoms with van der Waals surface area (Å²) in [6.07, 6.45) is 0. The van der Waals surface area contributed by atoms with E-state index in [2.05, 4.69) is 235 Å². The highest BCUT2D eigenvalue weighted by atomic mass is 15.2. The molecule has 1 aromatic heterocycles. The van der Waals surface area contributed by atoms with Crippen LogP contribution in [-0.4, -0.2) is 15.0 Å². The molecule has 0 radical (unpaired) electrons.